The Morgan fingerprint density at radius 3 is 2.57 bits per heavy atom. The van der Waals surface area contributed by atoms with E-state index in [0.717, 1.165) is 5.69 Å². The molecule has 1 heterocycles. The molecule has 1 aromatic carbocycles. The first-order chi connectivity index (χ1) is 10.8. The van der Waals surface area contributed by atoms with Crippen LogP contribution in [0.1, 0.15) is 25.0 Å². The van der Waals surface area contributed by atoms with Crippen molar-refractivity contribution in [3.63, 3.8) is 0 Å². The van der Waals surface area contributed by atoms with Crippen molar-refractivity contribution in [2.24, 2.45) is 0 Å². The minimum atomic E-state index is -3.83. The molecule has 0 radical (unpaired) electrons. The fourth-order valence-electron chi connectivity index (χ4n) is 2.60. The van der Waals surface area contributed by atoms with Crippen molar-refractivity contribution in [2.75, 3.05) is 5.32 Å². The summed E-state index contributed by atoms with van der Waals surface area (Å²) in [5.74, 6) is -5.33. The number of nitrogens with zero attached hydrogens (tertiary/aromatic N) is 2. The summed E-state index contributed by atoms with van der Waals surface area (Å²) in [5.41, 5.74) is -0.752. The van der Waals surface area contributed by atoms with Crippen LogP contribution < -0.4 is 5.32 Å². The van der Waals surface area contributed by atoms with Crippen LogP contribution >= 0.6 is 0 Å². The summed E-state index contributed by atoms with van der Waals surface area (Å²) < 4.78 is 29.8. The molecule has 0 aliphatic heterocycles. The van der Waals surface area contributed by atoms with E-state index >= 15 is 0 Å². The first kappa shape index (κ1) is 15.6. The molecular weight excluding hydrogens is 304 g/mol. The van der Waals surface area contributed by atoms with Gasteiger partial charge < -0.3 is 10.4 Å². The second-order valence-electron chi connectivity index (χ2n) is 5.80. The highest BCUT2D eigenvalue weighted by atomic mass is 19.3. The molecule has 1 aromatic heterocycles. The fourth-order valence-corrected chi connectivity index (χ4v) is 2.60. The molecule has 0 spiro atoms. The Hall–Kier alpha value is -2.28. The topological polar surface area (TPSA) is 67.2 Å². The lowest BCUT2D eigenvalue weighted by Crippen LogP contribution is -2.59. The molecule has 1 aliphatic rings. The number of aromatic nitrogens is 2. The van der Waals surface area contributed by atoms with Gasteiger partial charge in [0, 0.05) is 0 Å². The molecule has 0 atom stereocenters. The van der Waals surface area contributed by atoms with Crippen molar-refractivity contribution >= 4 is 11.6 Å². The Kier molecular flexibility index (Phi) is 3.68. The molecule has 0 bridgehead atoms. The molecule has 0 unspecified atom stereocenters. The van der Waals surface area contributed by atoms with Gasteiger partial charge in [-0.3, -0.25) is 4.79 Å². The number of rotatable bonds is 4. The van der Waals surface area contributed by atoms with Crippen LogP contribution in [0.25, 0.3) is 5.69 Å². The van der Waals surface area contributed by atoms with Crippen molar-refractivity contribution in [3.05, 3.63) is 42.2 Å². The Labute approximate surface area is 131 Å². The van der Waals surface area contributed by atoms with Gasteiger partial charge in [-0.1, -0.05) is 18.2 Å². The zero-order valence-corrected chi connectivity index (χ0v) is 12.6. The number of amides is 1. The summed E-state index contributed by atoms with van der Waals surface area (Å²) in [5, 5.41) is 16.1. The normalized spacial score (nSPS) is 16.7. The van der Waals surface area contributed by atoms with E-state index in [2.05, 4.69) is 10.4 Å². The van der Waals surface area contributed by atoms with Crippen LogP contribution in [-0.4, -0.2) is 32.3 Å². The summed E-state index contributed by atoms with van der Waals surface area (Å²) in [7, 11) is 0. The van der Waals surface area contributed by atoms with Crippen LogP contribution in [0.2, 0.25) is 0 Å². The number of benzene rings is 1. The van der Waals surface area contributed by atoms with E-state index in [4.69, 9.17) is 0 Å². The van der Waals surface area contributed by atoms with E-state index in [1.54, 1.807) is 11.6 Å². The lowest BCUT2D eigenvalue weighted by Gasteiger charge is -2.41. The average Bonchev–Trinajstić information content (AvgIpc) is 2.86. The maximum absolute atomic E-state index is 14.1. The van der Waals surface area contributed by atoms with Crippen molar-refractivity contribution in [1.82, 2.24) is 9.78 Å². The molecule has 2 N–H and O–H groups in total. The minimum Gasteiger partial charge on any atom is -0.383 e. The molecule has 7 heteroatoms. The molecule has 1 aliphatic carbocycles. The molecule has 122 valence electrons. The molecule has 3 rings (SSSR count). The van der Waals surface area contributed by atoms with Crippen LogP contribution in [0.3, 0.4) is 0 Å². The number of alkyl halides is 2. The number of hydrogen-bond acceptors (Lipinski definition) is 3. The van der Waals surface area contributed by atoms with Crippen molar-refractivity contribution in [2.45, 2.75) is 37.7 Å². The highest BCUT2D eigenvalue weighted by molar-refractivity contribution is 5.97. The predicted molar refractivity (Wildman–Crippen MR) is 80.7 cm³/mol. The van der Waals surface area contributed by atoms with E-state index in [-0.39, 0.29) is 18.5 Å². The van der Waals surface area contributed by atoms with E-state index in [1.807, 2.05) is 30.3 Å². The number of hydrogen-bond donors (Lipinski definition) is 2. The summed E-state index contributed by atoms with van der Waals surface area (Å²) in [6.07, 6.45) is 1.66. The van der Waals surface area contributed by atoms with Gasteiger partial charge in [-0.2, -0.15) is 13.9 Å². The summed E-state index contributed by atoms with van der Waals surface area (Å²) in [4.78, 5) is 11.9. The number of aliphatic hydroxyl groups is 1. The monoisotopic (exact) mass is 321 g/mol. The Bertz CT molecular complexity index is 724. The van der Waals surface area contributed by atoms with Crippen molar-refractivity contribution in [3.8, 4) is 5.69 Å². The highest BCUT2D eigenvalue weighted by Gasteiger charge is 2.61. The molecule has 5 nitrogen and oxygen atoms in total. The molecule has 1 fully saturated rings. The van der Waals surface area contributed by atoms with Gasteiger partial charge in [0.1, 0.15) is 5.60 Å². The molecular formula is C16H17F2N3O2. The fraction of sp³-hybridized carbons (Fsp3) is 0.375. The van der Waals surface area contributed by atoms with Crippen LogP contribution in [-0.2, 0) is 4.79 Å². The van der Waals surface area contributed by atoms with Gasteiger partial charge >= 0.3 is 5.92 Å². The molecule has 23 heavy (non-hydrogen) atoms. The zero-order valence-electron chi connectivity index (χ0n) is 12.6. The van der Waals surface area contributed by atoms with Crippen molar-refractivity contribution < 1.29 is 18.7 Å². The third-order valence-corrected chi connectivity index (χ3v) is 4.31. The number of carbonyl (C=O) groups excluding carboxylic acids is 1. The van der Waals surface area contributed by atoms with Crippen LogP contribution in [0.5, 0.6) is 0 Å². The van der Waals surface area contributed by atoms with E-state index < -0.39 is 17.4 Å². The SMILES string of the molecule is Cc1c(NC(=O)C(F)(F)C2(O)CCC2)cnn1-c1ccccc1. The van der Waals surface area contributed by atoms with Crippen molar-refractivity contribution in [1.29, 1.82) is 0 Å². The number of carbonyl (C=O) groups is 1. The molecule has 1 amide bonds. The van der Waals surface area contributed by atoms with Gasteiger partial charge in [0.15, 0.2) is 0 Å². The third kappa shape index (κ3) is 2.50. The van der Waals surface area contributed by atoms with E-state index in [1.165, 1.54) is 6.20 Å². The zero-order chi connectivity index (χ0) is 16.7. The second kappa shape index (κ2) is 5.42. The Balaban J connectivity index is 1.81. The van der Waals surface area contributed by atoms with Gasteiger partial charge in [0.25, 0.3) is 5.91 Å². The second-order valence-corrected chi connectivity index (χ2v) is 5.80. The van der Waals surface area contributed by atoms with Crippen LogP contribution in [0.4, 0.5) is 14.5 Å². The summed E-state index contributed by atoms with van der Waals surface area (Å²) in [6.45, 7) is 1.67. The maximum atomic E-state index is 14.1. The number of nitrogens with one attached hydrogen (secondary N) is 1. The number of para-hydroxylation sites is 1. The van der Waals surface area contributed by atoms with Gasteiger partial charge in [0.05, 0.1) is 23.3 Å². The first-order valence-electron chi connectivity index (χ1n) is 7.37. The third-order valence-electron chi connectivity index (χ3n) is 4.31. The summed E-state index contributed by atoms with van der Waals surface area (Å²) >= 11 is 0. The average molecular weight is 321 g/mol. The minimum absolute atomic E-state index is 0.0737. The Morgan fingerprint density at radius 1 is 1.35 bits per heavy atom. The Morgan fingerprint density at radius 2 is 2.00 bits per heavy atom. The lowest BCUT2D eigenvalue weighted by atomic mass is 9.75. The number of anilines is 1. The van der Waals surface area contributed by atoms with Gasteiger partial charge in [0.2, 0.25) is 0 Å². The predicted octanol–water partition coefficient (Wildman–Crippen LogP) is 2.67. The van der Waals surface area contributed by atoms with Gasteiger partial charge in [-0.05, 0) is 38.3 Å². The maximum Gasteiger partial charge on any atom is 0.352 e. The lowest BCUT2D eigenvalue weighted by molar-refractivity contribution is -0.212. The van der Waals surface area contributed by atoms with Crippen LogP contribution in [0, 0.1) is 6.92 Å². The number of halogens is 2. The molecule has 0 saturated heterocycles. The van der Waals surface area contributed by atoms with Crippen LogP contribution in [0.15, 0.2) is 36.5 Å². The van der Waals surface area contributed by atoms with Gasteiger partial charge in [-0.15, -0.1) is 0 Å². The molecule has 2 aromatic rings. The quantitative estimate of drug-likeness (QED) is 0.910. The summed E-state index contributed by atoms with van der Waals surface area (Å²) in [6, 6.07) is 9.14. The largest absolute Gasteiger partial charge is 0.383 e. The highest BCUT2D eigenvalue weighted by Crippen LogP contribution is 2.44. The van der Waals surface area contributed by atoms with Gasteiger partial charge in [-0.25, -0.2) is 4.68 Å². The van der Waals surface area contributed by atoms with E-state index in [0.29, 0.717) is 12.1 Å². The smallest absolute Gasteiger partial charge is 0.352 e. The standard InChI is InChI=1S/C16H17F2N3O2/c1-11-13(10-19-21(11)12-6-3-2-4-7-12)20-14(22)16(17,18)15(23)8-5-9-15/h2-4,6-7,10,23H,5,8-9H2,1H3,(H,20,22). The van der Waals surface area contributed by atoms with E-state index in [9.17, 15) is 18.7 Å². The first-order valence-corrected chi connectivity index (χ1v) is 7.37. The molecule has 1 saturated carbocycles.